The van der Waals surface area contributed by atoms with E-state index in [0.717, 1.165) is 17.2 Å². The third-order valence-electron chi connectivity index (χ3n) is 5.83. The fourth-order valence-electron chi connectivity index (χ4n) is 3.95. The molecule has 4 rings (SSSR count). The summed E-state index contributed by atoms with van der Waals surface area (Å²) in [5.74, 6) is -1.56. The molecular weight excluding hydrogens is 431 g/mol. The van der Waals surface area contributed by atoms with E-state index >= 15 is 0 Å². The Kier molecular flexibility index (Phi) is 6.41. The number of fused-ring (bicyclic) bond motifs is 1. The quantitative estimate of drug-likeness (QED) is 0.348. The Balaban J connectivity index is 1.85. The van der Waals surface area contributed by atoms with Gasteiger partial charge >= 0.3 is 5.97 Å². The number of nitrogens with zero attached hydrogens (tertiary/aromatic N) is 1. The van der Waals surface area contributed by atoms with Gasteiger partial charge in [0, 0.05) is 10.9 Å². The summed E-state index contributed by atoms with van der Waals surface area (Å²) in [6.07, 6.45) is 0. The summed E-state index contributed by atoms with van der Waals surface area (Å²) >= 11 is 0. The van der Waals surface area contributed by atoms with Gasteiger partial charge in [-0.05, 0) is 54.3 Å². The number of ether oxygens (including phenoxy) is 1. The number of hydrogen-bond acceptors (Lipinski definition) is 4. The second-order valence-corrected chi connectivity index (χ2v) is 8.40. The molecule has 0 fully saturated rings. The molecule has 6 heteroatoms. The predicted octanol–water partition coefficient (Wildman–Crippen LogP) is 6.51. The SMILES string of the molecule is COC(=O)c1ccc(NC(=O)c2c(C)c(-c3ccccc3)nc3ccc(C(C)C)cc23)c(F)c1. The smallest absolute Gasteiger partial charge is 0.337 e. The summed E-state index contributed by atoms with van der Waals surface area (Å²) in [7, 11) is 1.23. The highest BCUT2D eigenvalue weighted by molar-refractivity contribution is 6.14. The van der Waals surface area contributed by atoms with E-state index in [4.69, 9.17) is 4.98 Å². The summed E-state index contributed by atoms with van der Waals surface area (Å²) in [6, 6.07) is 19.4. The molecule has 0 aliphatic heterocycles. The van der Waals surface area contributed by atoms with Gasteiger partial charge in [-0.1, -0.05) is 50.2 Å². The van der Waals surface area contributed by atoms with Gasteiger partial charge in [0.25, 0.3) is 5.91 Å². The van der Waals surface area contributed by atoms with E-state index in [1.165, 1.54) is 19.2 Å². The number of pyridine rings is 1. The lowest BCUT2D eigenvalue weighted by Gasteiger charge is -2.17. The van der Waals surface area contributed by atoms with Gasteiger partial charge in [0.1, 0.15) is 5.82 Å². The molecule has 0 aliphatic rings. The highest BCUT2D eigenvalue weighted by atomic mass is 19.1. The lowest BCUT2D eigenvalue weighted by molar-refractivity contribution is 0.0600. The van der Waals surface area contributed by atoms with Crippen LogP contribution >= 0.6 is 0 Å². The van der Waals surface area contributed by atoms with Crippen molar-refractivity contribution in [2.75, 3.05) is 12.4 Å². The van der Waals surface area contributed by atoms with Gasteiger partial charge in [0.2, 0.25) is 0 Å². The van der Waals surface area contributed by atoms with Crippen LogP contribution in [0.3, 0.4) is 0 Å². The molecule has 1 N–H and O–H groups in total. The lowest BCUT2D eigenvalue weighted by atomic mass is 9.94. The van der Waals surface area contributed by atoms with Crippen LogP contribution in [0, 0.1) is 12.7 Å². The molecule has 0 saturated carbocycles. The first-order chi connectivity index (χ1) is 16.3. The predicted molar refractivity (Wildman–Crippen MR) is 132 cm³/mol. The van der Waals surface area contributed by atoms with E-state index in [-0.39, 0.29) is 17.2 Å². The molecular formula is C28H25FN2O3. The third-order valence-corrected chi connectivity index (χ3v) is 5.83. The molecule has 0 aliphatic carbocycles. The molecule has 0 spiro atoms. The van der Waals surface area contributed by atoms with Crippen LogP contribution in [0.25, 0.3) is 22.2 Å². The number of benzene rings is 3. The van der Waals surface area contributed by atoms with Crippen LogP contribution in [0.5, 0.6) is 0 Å². The van der Waals surface area contributed by atoms with Crippen molar-refractivity contribution in [3.63, 3.8) is 0 Å². The first-order valence-electron chi connectivity index (χ1n) is 11.0. The number of carbonyl (C=O) groups excluding carboxylic acids is 2. The Hall–Kier alpha value is -4.06. The van der Waals surface area contributed by atoms with Gasteiger partial charge in [0.05, 0.1) is 35.1 Å². The van der Waals surface area contributed by atoms with Crippen LogP contribution in [0.1, 0.15) is 51.6 Å². The first kappa shape index (κ1) is 23.1. The van der Waals surface area contributed by atoms with Gasteiger partial charge in [-0.15, -0.1) is 0 Å². The average Bonchev–Trinajstić information content (AvgIpc) is 2.84. The number of carbonyl (C=O) groups is 2. The zero-order chi connectivity index (χ0) is 24.4. The molecule has 0 saturated heterocycles. The maximum Gasteiger partial charge on any atom is 0.337 e. The monoisotopic (exact) mass is 456 g/mol. The van der Waals surface area contributed by atoms with Crippen molar-refractivity contribution < 1.29 is 18.7 Å². The van der Waals surface area contributed by atoms with Crippen molar-refractivity contribution in [1.82, 2.24) is 4.98 Å². The summed E-state index contributed by atoms with van der Waals surface area (Å²) in [4.78, 5) is 30.1. The second kappa shape index (κ2) is 9.43. The van der Waals surface area contributed by atoms with Crippen LogP contribution in [0.2, 0.25) is 0 Å². The van der Waals surface area contributed by atoms with Crippen molar-refractivity contribution in [2.45, 2.75) is 26.7 Å². The van der Waals surface area contributed by atoms with Gasteiger partial charge in [-0.3, -0.25) is 4.79 Å². The molecule has 0 atom stereocenters. The minimum absolute atomic E-state index is 0.0247. The number of aromatic nitrogens is 1. The zero-order valence-corrected chi connectivity index (χ0v) is 19.5. The van der Waals surface area contributed by atoms with E-state index in [9.17, 15) is 14.0 Å². The molecule has 0 radical (unpaired) electrons. The largest absolute Gasteiger partial charge is 0.465 e. The normalized spacial score (nSPS) is 11.0. The van der Waals surface area contributed by atoms with Crippen LogP contribution < -0.4 is 5.32 Å². The molecule has 5 nitrogen and oxygen atoms in total. The number of hydrogen-bond donors (Lipinski definition) is 1. The topological polar surface area (TPSA) is 68.3 Å². The number of anilines is 1. The van der Waals surface area contributed by atoms with Crippen molar-refractivity contribution in [3.8, 4) is 11.3 Å². The second-order valence-electron chi connectivity index (χ2n) is 8.40. The van der Waals surface area contributed by atoms with Crippen molar-refractivity contribution in [2.24, 2.45) is 0 Å². The number of halogens is 1. The van der Waals surface area contributed by atoms with Crippen LogP contribution in [0.15, 0.2) is 66.7 Å². The zero-order valence-electron chi connectivity index (χ0n) is 19.5. The van der Waals surface area contributed by atoms with Gasteiger partial charge in [-0.2, -0.15) is 0 Å². The summed E-state index contributed by atoms with van der Waals surface area (Å²) < 4.78 is 19.3. The minimum Gasteiger partial charge on any atom is -0.465 e. The first-order valence-corrected chi connectivity index (χ1v) is 11.0. The Morgan fingerprint density at radius 3 is 2.38 bits per heavy atom. The van der Waals surface area contributed by atoms with E-state index in [1.807, 2.05) is 55.5 Å². The van der Waals surface area contributed by atoms with Crippen LogP contribution in [0.4, 0.5) is 10.1 Å². The molecule has 1 aromatic heterocycles. The molecule has 1 amide bonds. The molecule has 34 heavy (non-hydrogen) atoms. The molecule has 0 bridgehead atoms. The summed E-state index contributed by atoms with van der Waals surface area (Å²) in [6.45, 7) is 6.01. The number of amides is 1. The van der Waals surface area contributed by atoms with E-state index in [2.05, 4.69) is 23.9 Å². The van der Waals surface area contributed by atoms with Crippen LogP contribution in [-0.2, 0) is 4.74 Å². The minimum atomic E-state index is -0.724. The highest BCUT2D eigenvalue weighted by Gasteiger charge is 2.21. The Morgan fingerprint density at radius 2 is 1.74 bits per heavy atom. The van der Waals surface area contributed by atoms with Crippen molar-refractivity contribution in [1.29, 1.82) is 0 Å². The summed E-state index contributed by atoms with van der Waals surface area (Å²) in [5.41, 5.74) is 4.50. The van der Waals surface area contributed by atoms with E-state index < -0.39 is 17.7 Å². The maximum atomic E-state index is 14.7. The van der Waals surface area contributed by atoms with Gasteiger partial charge in [-0.25, -0.2) is 14.2 Å². The lowest BCUT2D eigenvalue weighted by Crippen LogP contribution is -2.16. The van der Waals surface area contributed by atoms with Crippen LogP contribution in [-0.4, -0.2) is 24.0 Å². The molecule has 4 aromatic rings. The molecule has 3 aromatic carbocycles. The standard InChI is InChI=1S/C28H25FN2O3/c1-16(2)19-10-12-23-21(14-19)25(17(3)26(30-23)18-8-6-5-7-9-18)27(32)31-24-13-11-20(15-22(24)29)28(33)34-4/h5-16H,1-4H3,(H,31,32). The van der Waals surface area contributed by atoms with Gasteiger partial charge in [0.15, 0.2) is 0 Å². The molecule has 172 valence electrons. The number of esters is 1. The molecule has 1 heterocycles. The summed E-state index contributed by atoms with van der Waals surface area (Å²) in [5, 5.41) is 3.38. The fourth-order valence-corrected chi connectivity index (χ4v) is 3.95. The third kappa shape index (κ3) is 4.39. The van der Waals surface area contributed by atoms with E-state index in [1.54, 1.807) is 0 Å². The van der Waals surface area contributed by atoms with E-state index in [0.29, 0.717) is 27.7 Å². The number of nitrogens with one attached hydrogen (secondary N) is 1. The van der Waals surface area contributed by atoms with Gasteiger partial charge < -0.3 is 10.1 Å². The maximum absolute atomic E-state index is 14.7. The highest BCUT2D eigenvalue weighted by Crippen LogP contribution is 2.32. The number of methoxy groups -OCH3 is 1. The Bertz CT molecular complexity index is 1400. The Labute approximate surface area is 197 Å². The number of rotatable bonds is 5. The average molecular weight is 457 g/mol. The molecule has 0 unspecified atom stereocenters. The fraction of sp³-hybridized carbons (Fsp3) is 0.179. The van der Waals surface area contributed by atoms with Crippen molar-refractivity contribution in [3.05, 3.63) is 94.8 Å². The van der Waals surface area contributed by atoms with Crippen molar-refractivity contribution >= 4 is 28.5 Å². The Morgan fingerprint density at radius 1 is 1.00 bits per heavy atom.